The van der Waals surface area contributed by atoms with Crippen molar-refractivity contribution in [3.63, 3.8) is 0 Å². The van der Waals surface area contributed by atoms with E-state index in [2.05, 4.69) is 5.32 Å². The van der Waals surface area contributed by atoms with Gasteiger partial charge in [-0.1, -0.05) is 0 Å². The number of carbonyl (C=O) groups excluding carboxylic acids is 2. The molecule has 7 nitrogen and oxygen atoms in total. The number of amides is 2. The van der Waals surface area contributed by atoms with Crippen molar-refractivity contribution < 1.29 is 26.8 Å². The molecule has 2 amide bonds. The number of anilines is 2. The molecular formula is C19H19F2N3O4S. The van der Waals surface area contributed by atoms with Crippen molar-refractivity contribution in [2.45, 2.75) is 25.2 Å². The van der Waals surface area contributed by atoms with Crippen LogP contribution in [0.3, 0.4) is 0 Å². The molecule has 29 heavy (non-hydrogen) atoms. The van der Waals surface area contributed by atoms with E-state index in [1.807, 2.05) is 0 Å². The average Bonchev–Trinajstić information content (AvgIpc) is 3.44. The molecule has 4 rings (SSSR count). The molecule has 1 aromatic rings. The van der Waals surface area contributed by atoms with Gasteiger partial charge in [0.2, 0.25) is 5.91 Å². The summed E-state index contributed by atoms with van der Waals surface area (Å²) in [5.74, 6) is -3.58. The van der Waals surface area contributed by atoms with Crippen LogP contribution in [0.2, 0.25) is 0 Å². The van der Waals surface area contributed by atoms with E-state index in [1.54, 1.807) is 6.07 Å². The number of sulfone groups is 1. The Morgan fingerprint density at radius 2 is 1.83 bits per heavy atom. The van der Waals surface area contributed by atoms with Crippen LogP contribution in [-0.2, 0) is 14.6 Å². The minimum Gasteiger partial charge on any atom is -0.365 e. The first-order valence-electron chi connectivity index (χ1n) is 9.15. The van der Waals surface area contributed by atoms with E-state index in [9.17, 15) is 26.8 Å². The Morgan fingerprint density at radius 3 is 2.41 bits per heavy atom. The number of halogens is 2. The molecule has 10 heteroatoms. The Kier molecular flexibility index (Phi) is 4.68. The predicted molar refractivity (Wildman–Crippen MR) is 103 cm³/mol. The Hall–Kier alpha value is -2.75. The highest BCUT2D eigenvalue weighted by Crippen LogP contribution is 2.36. The molecule has 1 saturated carbocycles. The highest BCUT2D eigenvalue weighted by Gasteiger charge is 2.39. The van der Waals surface area contributed by atoms with Crippen LogP contribution in [0.1, 0.15) is 29.6 Å². The van der Waals surface area contributed by atoms with Crippen molar-refractivity contribution in [2.24, 2.45) is 5.92 Å². The first-order chi connectivity index (χ1) is 13.6. The van der Waals surface area contributed by atoms with Crippen molar-refractivity contribution in [2.75, 3.05) is 23.3 Å². The maximum Gasteiger partial charge on any atom is 0.266 e. The van der Waals surface area contributed by atoms with Crippen molar-refractivity contribution in [3.8, 4) is 0 Å². The zero-order chi connectivity index (χ0) is 20.8. The van der Waals surface area contributed by atoms with Crippen LogP contribution in [-0.4, -0.2) is 44.1 Å². The van der Waals surface area contributed by atoms with E-state index in [1.165, 1.54) is 17.0 Å². The van der Waals surface area contributed by atoms with Crippen LogP contribution in [0.4, 0.5) is 20.2 Å². The summed E-state index contributed by atoms with van der Waals surface area (Å²) >= 11 is 0. The first-order valence-corrected chi connectivity index (χ1v) is 10.8. The summed E-state index contributed by atoms with van der Waals surface area (Å²) in [4.78, 5) is 27.5. The van der Waals surface area contributed by atoms with Gasteiger partial charge in [-0.05, 0) is 31.0 Å². The molecule has 0 bridgehead atoms. The number of rotatable bonds is 4. The van der Waals surface area contributed by atoms with Crippen molar-refractivity contribution in [3.05, 3.63) is 47.0 Å². The summed E-state index contributed by atoms with van der Waals surface area (Å²) in [7, 11) is -3.51. The number of nitrogens with zero attached hydrogens (tertiary/aromatic N) is 2. The number of hydrogen-bond acceptors (Lipinski definition) is 5. The third-order valence-corrected chi connectivity index (χ3v) is 6.01. The number of benzene rings is 1. The average molecular weight is 423 g/mol. The van der Waals surface area contributed by atoms with Crippen LogP contribution in [0.25, 0.3) is 0 Å². The SMILES string of the molecule is O=C(Nc1ccc(C(=O)N2C=CS(=O)(=O)C=C2)c(N2CCC(F)(F)C2)c1)C1CC1. The van der Waals surface area contributed by atoms with Gasteiger partial charge in [-0.25, -0.2) is 17.2 Å². The van der Waals surface area contributed by atoms with Gasteiger partial charge in [0.15, 0.2) is 9.84 Å². The molecule has 0 radical (unpaired) electrons. The quantitative estimate of drug-likeness (QED) is 0.805. The Bertz CT molecular complexity index is 1010. The molecule has 3 aliphatic rings. The Morgan fingerprint density at radius 1 is 1.14 bits per heavy atom. The minimum absolute atomic E-state index is 0.0264. The fourth-order valence-corrected chi connectivity index (χ4v) is 3.95. The summed E-state index contributed by atoms with van der Waals surface area (Å²) in [6.07, 6.45) is 3.54. The van der Waals surface area contributed by atoms with E-state index in [0.29, 0.717) is 5.69 Å². The molecule has 2 fully saturated rings. The second-order valence-electron chi connectivity index (χ2n) is 7.39. The third-order valence-electron chi connectivity index (χ3n) is 5.01. The zero-order valence-electron chi connectivity index (χ0n) is 15.3. The molecule has 0 unspecified atom stereocenters. The number of hydrogen-bond donors (Lipinski definition) is 1. The van der Waals surface area contributed by atoms with Crippen LogP contribution in [0, 0.1) is 5.92 Å². The van der Waals surface area contributed by atoms with Crippen LogP contribution >= 0.6 is 0 Å². The Labute approximate surface area is 166 Å². The van der Waals surface area contributed by atoms with Crippen LogP contribution in [0.5, 0.6) is 0 Å². The third kappa shape index (κ3) is 4.31. The molecule has 1 N–H and O–H groups in total. The molecule has 1 saturated heterocycles. The van der Waals surface area contributed by atoms with Crippen molar-refractivity contribution >= 4 is 33.0 Å². The summed E-state index contributed by atoms with van der Waals surface area (Å²) in [6.45, 7) is -0.472. The predicted octanol–water partition coefficient (Wildman–Crippen LogP) is 2.69. The smallest absolute Gasteiger partial charge is 0.266 e. The van der Waals surface area contributed by atoms with Gasteiger partial charge in [0.1, 0.15) is 0 Å². The van der Waals surface area contributed by atoms with Gasteiger partial charge in [-0.15, -0.1) is 0 Å². The lowest BCUT2D eigenvalue weighted by Crippen LogP contribution is -2.29. The largest absolute Gasteiger partial charge is 0.365 e. The molecule has 2 heterocycles. The lowest BCUT2D eigenvalue weighted by atomic mass is 10.1. The minimum atomic E-state index is -3.51. The molecule has 1 aliphatic carbocycles. The standard InChI is InChI=1S/C19H19F2N3O4S/c20-19(21)5-6-24(12-19)16-11-14(22-17(25)13-1-2-13)3-4-15(16)18(26)23-7-9-29(27,28)10-8-23/h3-4,7-11,13H,1-2,5-6,12H2,(H,22,25). The lowest BCUT2D eigenvalue weighted by Gasteiger charge is -2.24. The number of alkyl halides is 2. The van der Waals surface area contributed by atoms with Gasteiger partial charge in [0.25, 0.3) is 11.8 Å². The fraction of sp³-hybridized carbons (Fsp3) is 0.368. The van der Waals surface area contributed by atoms with Gasteiger partial charge < -0.3 is 10.2 Å². The fourth-order valence-electron chi connectivity index (χ4n) is 3.25. The monoisotopic (exact) mass is 423 g/mol. The van der Waals surface area contributed by atoms with Crippen molar-refractivity contribution in [1.29, 1.82) is 0 Å². The highest BCUT2D eigenvalue weighted by atomic mass is 32.2. The Balaban J connectivity index is 1.65. The van der Waals surface area contributed by atoms with Gasteiger partial charge in [-0.2, -0.15) is 0 Å². The summed E-state index contributed by atoms with van der Waals surface area (Å²) in [5.41, 5.74) is 0.840. The summed E-state index contributed by atoms with van der Waals surface area (Å²) in [5, 5.41) is 4.54. The molecule has 154 valence electrons. The normalized spacial score (nSPS) is 22.0. The van der Waals surface area contributed by atoms with Gasteiger partial charge in [-0.3, -0.25) is 14.5 Å². The van der Waals surface area contributed by atoms with E-state index in [-0.39, 0.29) is 36.0 Å². The molecular weight excluding hydrogens is 404 g/mol. The van der Waals surface area contributed by atoms with Crippen LogP contribution < -0.4 is 10.2 Å². The van der Waals surface area contributed by atoms with E-state index >= 15 is 0 Å². The molecule has 1 aromatic carbocycles. The van der Waals surface area contributed by atoms with Gasteiger partial charge >= 0.3 is 0 Å². The van der Waals surface area contributed by atoms with E-state index in [4.69, 9.17) is 0 Å². The first kappa shape index (κ1) is 19.6. The molecule has 0 spiro atoms. The van der Waals surface area contributed by atoms with Gasteiger partial charge in [0, 0.05) is 37.0 Å². The summed E-state index contributed by atoms with van der Waals surface area (Å²) < 4.78 is 50.5. The lowest BCUT2D eigenvalue weighted by molar-refractivity contribution is -0.117. The topological polar surface area (TPSA) is 86.8 Å². The molecule has 0 aromatic heterocycles. The zero-order valence-corrected chi connectivity index (χ0v) is 16.2. The molecule has 0 atom stereocenters. The maximum absolute atomic E-state index is 13.8. The van der Waals surface area contributed by atoms with Crippen molar-refractivity contribution in [1.82, 2.24) is 4.90 Å². The summed E-state index contributed by atoms with van der Waals surface area (Å²) in [6, 6.07) is 4.52. The second-order valence-corrected chi connectivity index (χ2v) is 9.12. The maximum atomic E-state index is 13.8. The van der Waals surface area contributed by atoms with Gasteiger partial charge in [0.05, 0.1) is 28.6 Å². The van der Waals surface area contributed by atoms with Crippen LogP contribution in [0.15, 0.2) is 41.4 Å². The second kappa shape index (κ2) is 6.94. The van der Waals surface area contributed by atoms with E-state index in [0.717, 1.165) is 41.0 Å². The number of nitrogens with one attached hydrogen (secondary N) is 1. The number of carbonyl (C=O) groups is 2. The molecule has 2 aliphatic heterocycles. The van der Waals surface area contributed by atoms with E-state index < -0.39 is 28.2 Å². The highest BCUT2D eigenvalue weighted by molar-refractivity contribution is 7.97.